The lowest BCUT2D eigenvalue weighted by Gasteiger charge is -2.36. The predicted octanol–water partition coefficient (Wildman–Crippen LogP) is 2.06. The number of nitrogens with two attached hydrogens (primary N) is 1. The number of hydrogen-bond donors (Lipinski definition) is 1. The maximum Gasteiger partial charge on any atom is 0.191 e. The lowest BCUT2D eigenvalue weighted by Crippen LogP contribution is -2.51. The van der Waals surface area contributed by atoms with Crippen molar-refractivity contribution in [2.75, 3.05) is 31.1 Å². The largest absolute Gasteiger partial charge is 0.370 e. The zero-order valence-electron chi connectivity index (χ0n) is 12.7. The van der Waals surface area contributed by atoms with E-state index in [1.165, 1.54) is 12.1 Å². The van der Waals surface area contributed by atoms with Gasteiger partial charge in [0.1, 0.15) is 5.82 Å². The molecule has 5 heteroatoms. The van der Waals surface area contributed by atoms with Gasteiger partial charge in [-0.15, -0.1) is 0 Å². The smallest absolute Gasteiger partial charge is 0.191 e. The molecule has 2 fully saturated rings. The molecule has 1 atom stereocenters. The van der Waals surface area contributed by atoms with Crippen molar-refractivity contribution in [1.82, 2.24) is 4.90 Å². The van der Waals surface area contributed by atoms with Crippen LogP contribution < -0.4 is 10.6 Å². The van der Waals surface area contributed by atoms with Crippen molar-refractivity contribution in [2.45, 2.75) is 26.3 Å². The van der Waals surface area contributed by atoms with E-state index in [0.29, 0.717) is 17.4 Å². The Hall–Kier alpha value is -1.78. The fourth-order valence-electron chi connectivity index (χ4n) is 2.75. The van der Waals surface area contributed by atoms with E-state index in [1.54, 1.807) is 0 Å². The maximum atomic E-state index is 13.0. The summed E-state index contributed by atoms with van der Waals surface area (Å²) in [5.41, 5.74) is 7.51. The van der Waals surface area contributed by atoms with Gasteiger partial charge in [-0.2, -0.15) is 0 Å². The minimum absolute atomic E-state index is 0.194. The number of guanidine groups is 1. The Morgan fingerprint density at radius 2 is 1.76 bits per heavy atom. The highest BCUT2D eigenvalue weighted by Gasteiger charge is 2.46. The van der Waals surface area contributed by atoms with Crippen molar-refractivity contribution in [3.8, 4) is 0 Å². The Balaban J connectivity index is 1.56. The Bertz CT molecular complexity index is 530. The molecule has 1 saturated carbocycles. The van der Waals surface area contributed by atoms with Crippen LogP contribution in [-0.4, -0.2) is 43.1 Å². The molecule has 1 aromatic rings. The molecule has 1 saturated heterocycles. The highest BCUT2D eigenvalue weighted by Crippen LogP contribution is 2.47. The normalized spacial score (nSPS) is 25.1. The van der Waals surface area contributed by atoms with E-state index in [2.05, 4.69) is 28.6 Å². The molecule has 0 amide bonds. The number of benzene rings is 1. The summed E-state index contributed by atoms with van der Waals surface area (Å²) >= 11 is 0. The van der Waals surface area contributed by atoms with Crippen molar-refractivity contribution in [2.24, 2.45) is 16.1 Å². The van der Waals surface area contributed by atoms with Gasteiger partial charge in [0.15, 0.2) is 5.96 Å². The number of piperazine rings is 1. The van der Waals surface area contributed by atoms with Crippen LogP contribution in [-0.2, 0) is 0 Å². The number of hydrogen-bond acceptors (Lipinski definition) is 2. The van der Waals surface area contributed by atoms with Crippen LogP contribution in [0.15, 0.2) is 29.3 Å². The second-order valence-electron chi connectivity index (χ2n) is 6.65. The van der Waals surface area contributed by atoms with Crippen LogP contribution in [0.2, 0.25) is 0 Å². The molecule has 1 aromatic carbocycles. The fourth-order valence-corrected chi connectivity index (χ4v) is 2.75. The molecule has 21 heavy (non-hydrogen) atoms. The first-order valence-corrected chi connectivity index (χ1v) is 7.54. The van der Waals surface area contributed by atoms with E-state index in [9.17, 15) is 4.39 Å². The Morgan fingerprint density at radius 3 is 2.29 bits per heavy atom. The van der Waals surface area contributed by atoms with E-state index < -0.39 is 0 Å². The van der Waals surface area contributed by atoms with Gasteiger partial charge in [0, 0.05) is 31.9 Å². The van der Waals surface area contributed by atoms with Gasteiger partial charge in [0.25, 0.3) is 0 Å². The second kappa shape index (κ2) is 5.20. The average Bonchev–Trinajstić information content (AvgIpc) is 3.06. The van der Waals surface area contributed by atoms with Crippen molar-refractivity contribution in [3.63, 3.8) is 0 Å². The molecule has 0 aromatic heterocycles. The van der Waals surface area contributed by atoms with Gasteiger partial charge in [0.2, 0.25) is 0 Å². The minimum Gasteiger partial charge on any atom is -0.370 e. The molecule has 0 bridgehead atoms. The summed E-state index contributed by atoms with van der Waals surface area (Å²) < 4.78 is 13.0. The molecule has 1 unspecified atom stereocenters. The summed E-state index contributed by atoms with van der Waals surface area (Å²) in [5, 5.41) is 0. The molecule has 3 rings (SSSR count). The van der Waals surface area contributed by atoms with Crippen LogP contribution in [0.4, 0.5) is 10.1 Å². The SMILES string of the molecule is CC1(C)CC1N=C(N)N1CCN(c2ccc(F)cc2)CC1. The number of nitrogens with zero attached hydrogens (tertiary/aromatic N) is 3. The van der Waals surface area contributed by atoms with E-state index in [4.69, 9.17) is 5.73 Å². The first-order chi connectivity index (χ1) is 9.95. The van der Waals surface area contributed by atoms with Gasteiger partial charge in [-0.1, -0.05) is 13.8 Å². The van der Waals surface area contributed by atoms with Gasteiger partial charge in [-0.25, -0.2) is 9.38 Å². The first-order valence-electron chi connectivity index (χ1n) is 7.54. The fraction of sp³-hybridized carbons (Fsp3) is 0.562. The number of anilines is 1. The summed E-state index contributed by atoms with van der Waals surface area (Å²) in [7, 11) is 0. The zero-order chi connectivity index (χ0) is 15.0. The van der Waals surface area contributed by atoms with Crippen molar-refractivity contribution in [3.05, 3.63) is 30.1 Å². The lowest BCUT2D eigenvalue weighted by atomic mass is 10.2. The quantitative estimate of drug-likeness (QED) is 0.670. The van der Waals surface area contributed by atoms with Gasteiger partial charge in [-0.3, -0.25) is 0 Å². The van der Waals surface area contributed by atoms with E-state index in [1.807, 2.05) is 12.1 Å². The molecule has 0 radical (unpaired) electrons. The lowest BCUT2D eigenvalue weighted by molar-refractivity contribution is 0.380. The number of halogens is 1. The molecule has 114 valence electrons. The number of aliphatic imine (C=N–C) groups is 1. The minimum atomic E-state index is -0.194. The number of rotatable bonds is 2. The summed E-state index contributed by atoms with van der Waals surface area (Å²) in [4.78, 5) is 9.03. The summed E-state index contributed by atoms with van der Waals surface area (Å²) in [5.74, 6) is 0.477. The van der Waals surface area contributed by atoms with Crippen molar-refractivity contribution < 1.29 is 4.39 Å². The van der Waals surface area contributed by atoms with Crippen LogP contribution in [0.5, 0.6) is 0 Å². The predicted molar refractivity (Wildman–Crippen MR) is 84.0 cm³/mol. The summed E-state index contributed by atoms with van der Waals surface area (Å²) in [6.07, 6.45) is 1.13. The molecule has 1 aliphatic carbocycles. The topological polar surface area (TPSA) is 44.9 Å². The Morgan fingerprint density at radius 1 is 1.19 bits per heavy atom. The third kappa shape index (κ3) is 3.12. The first kappa shape index (κ1) is 14.2. The maximum absolute atomic E-state index is 13.0. The Labute approximate surface area is 125 Å². The molecule has 2 N–H and O–H groups in total. The molecule has 2 aliphatic rings. The van der Waals surface area contributed by atoms with Crippen LogP contribution in [0.3, 0.4) is 0 Å². The third-order valence-corrected chi connectivity index (χ3v) is 4.54. The van der Waals surface area contributed by atoms with Gasteiger partial charge >= 0.3 is 0 Å². The second-order valence-corrected chi connectivity index (χ2v) is 6.65. The third-order valence-electron chi connectivity index (χ3n) is 4.54. The molecular weight excluding hydrogens is 267 g/mol. The monoisotopic (exact) mass is 290 g/mol. The summed E-state index contributed by atoms with van der Waals surface area (Å²) in [6, 6.07) is 7.05. The molecule has 1 aliphatic heterocycles. The average molecular weight is 290 g/mol. The van der Waals surface area contributed by atoms with Gasteiger partial charge in [0.05, 0.1) is 6.04 Å². The van der Waals surface area contributed by atoms with E-state index in [-0.39, 0.29) is 5.82 Å². The van der Waals surface area contributed by atoms with Gasteiger partial charge < -0.3 is 15.5 Å². The van der Waals surface area contributed by atoms with E-state index in [0.717, 1.165) is 38.3 Å². The standard InChI is InChI=1S/C16H23FN4/c1-16(2)11-14(16)19-15(18)21-9-7-20(8-10-21)13-5-3-12(17)4-6-13/h3-6,14H,7-11H2,1-2H3,(H2,18,19). The molecule has 1 heterocycles. The molecule has 4 nitrogen and oxygen atoms in total. The van der Waals surface area contributed by atoms with Crippen LogP contribution in [0.25, 0.3) is 0 Å². The van der Waals surface area contributed by atoms with Gasteiger partial charge in [-0.05, 0) is 36.1 Å². The molecule has 0 spiro atoms. The summed E-state index contributed by atoms with van der Waals surface area (Å²) in [6.45, 7) is 7.94. The highest BCUT2D eigenvalue weighted by atomic mass is 19.1. The van der Waals surface area contributed by atoms with Crippen LogP contribution >= 0.6 is 0 Å². The van der Waals surface area contributed by atoms with Crippen LogP contribution in [0.1, 0.15) is 20.3 Å². The van der Waals surface area contributed by atoms with E-state index >= 15 is 0 Å². The van der Waals surface area contributed by atoms with Crippen molar-refractivity contribution >= 4 is 11.6 Å². The molecular formula is C16H23FN4. The van der Waals surface area contributed by atoms with Crippen molar-refractivity contribution in [1.29, 1.82) is 0 Å². The van der Waals surface area contributed by atoms with Crippen LogP contribution in [0, 0.1) is 11.2 Å². The Kier molecular flexibility index (Phi) is 3.51. The zero-order valence-corrected chi connectivity index (χ0v) is 12.7. The highest BCUT2D eigenvalue weighted by molar-refractivity contribution is 5.79.